The van der Waals surface area contributed by atoms with Crippen LogP contribution in [0.3, 0.4) is 0 Å². The van der Waals surface area contributed by atoms with Gasteiger partial charge in [0, 0.05) is 10.0 Å². The fourth-order valence-electron chi connectivity index (χ4n) is 1.11. The van der Waals surface area contributed by atoms with Gasteiger partial charge in [-0.15, -0.1) is 0 Å². The van der Waals surface area contributed by atoms with Crippen LogP contribution in [-0.4, -0.2) is 16.2 Å². The maximum absolute atomic E-state index is 10.5. The molecule has 1 aromatic rings. The standard InChI is InChI=1S/C9H9BrO3/c1-5-3-2-4-6(10)7(5)8(11)9(12)13/h2-4,8,11H,1H3,(H,12,13). The molecule has 0 aliphatic carbocycles. The molecule has 1 atom stereocenters. The summed E-state index contributed by atoms with van der Waals surface area (Å²) in [5.41, 5.74) is 1.17. The summed E-state index contributed by atoms with van der Waals surface area (Å²) < 4.78 is 0.613. The zero-order chi connectivity index (χ0) is 10.0. The van der Waals surface area contributed by atoms with E-state index in [0.717, 1.165) is 5.56 Å². The van der Waals surface area contributed by atoms with Crippen molar-refractivity contribution in [1.29, 1.82) is 0 Å². The molecule has 0 heterocycles. The number of aryl methyl sites for hydroxylation is 1. The second-order valence-electron chi connectivity index (χ2n) is 2.71. The Hall–Kier alpha value is -0.870. The summed E-state index contributed by atoms with van der Waals surface area (Å²) in [6.45, 7) is 1.76. The Labute approximate surface area is 84.1 Å². The molecule has 0 aliphatic rings. The van der Waals surface area contributed by atoms with E-state index in [4.69, 9.17) is 5.11 Å². The molecule has 0 saturated carbocycles. The van der Waals surface area contributed by atoms with Crippen molar-refractivity contribution < 1.29 is 15.0 Å². The Morgan fingerprint density at radius 2 is 2.15 bits per heavy atom. The second-order valence-corrected chi connectivity index (χ2v) is 3.57. The summed E-state index contributed by atoms with van der Waals surface area (Å²) in [6, 6.07) is 5.25. The first-order valence-electron chi connectivity index (χ1n) is 3.70. The number of benzene rings is 1. The van der Waals surface area contributed by atoms with Crippen LogP contribution in [0.4, 0.5) is 0 Å². The molecule has 0 radical (unpaired) electrons. The number of carboxylic acid groups (broad SMARTS) is 1. The number of aliphatic hydroxyl groups is 1. The Balaban J connectivity index is 3.20. The van der Waals surface area contributed by atoms with Gasteiger partial charge in [-0.3, -0.25) is 0 Å². The first-order chi connectivity index (χ1) is 6.04. The number of carbonyl (C=O) groups is 1. The number of halogens is 1. The Kier molecular flexibility index (Phi) is 3.06. The molecule has 3 nitrogen and oxygen atoms in total. The summed E-state index contributed by atoms with van der Waals surface area (Å²) in [6.07, 6.45) is -1.46. The number of carboxylic acids is 1. The molecular weight excluding hydrogens is 236 g/mol. The smallest absolute Gasteiger partial charge is 0.337 e. The van der Waals surface area contributed by atoms with Crippen LogP contribution in [0, 0.1) is 6.92 Å². The highest BCUT2D eigenvalue weighted by Crippen LogP contribution is 2.26. The maximum Gasteiger partial charge on any atom is 0.337 e. The first-order valence-corrected chi connectivity index (χ1v) is 4.49. The van der Waals surface area contributed by atoms with Crippen molar-refractivity contribution >= 4 is 21.9 Å². The third kappa shape index (κ3) is 2.08. The predicted molar refractivity (Wildman–Crippen MR) is 51.5 cm³/mol. The minimum atomic E-state index is -1.46. The maximum atomic E-state index is 10.5. The van der Waals surface area contributed by atoms with E-state index in [1.54, 1.807) is 25.1 Å². The average molecular weight is 245 g/mol. The Morgan fingerprint density at radius 1 is 1.54 bits per heavy atom. The lowest BCUT2D eigenvalue weighted by atomic mass is 10.0. The molecule has 13 heavy (non-hydrogen) atoms. The van der Waals surface area contributed by atoms with Crippen LogP contribution >= 0.6 is 15.9 Å². The van der Waals surface area contributed by atoms with Gasteiger partial charge in [-0.1, -0.05) is 28.1 Å². The largest absolute Gasteiger partial charge is 0.479 e. The quantitative estimate of drug-likeness (QED) is 0.836. The van der Waals surface area contributed by atoms with Gasteiger partial charge in [0.2, 0.25) is 0 Å². The van der Waals surface area contributed by atoms with Crippen molar-refractivity contribution in [3.8, 4) is 0 Å². The molecule has 70 valence electrons. The molecule has 0 saturated heterocycles. The Morgan fingerprint density at radius 3 is 2.62 bits per heavy atom. The molecule has 4 heteroatoms. The third-order valence-electron chi connectivity index (χ3n) is 1.78. The van der Waals surface area contributed by atoms with E-state index in [-0.39, 0.29) is 0 Å². The first kappa shape index (κ1) is 10.2. The molecule has 0 bridgehead atoms. The molecular formula is C9H9BrO3. The number of hydrogen-bond donors (Lipinski definition) is 2. The summed E-state index contributed by atoms with van der Waals surface area (Å²) in [7, 11) is 0. The van der Waals surface area contributed by atoms with Gasteiger partial charge in [0.1, 0.15) is 0 Å². The fourth-order valence-corrected chi connectivity index (χ4v) is 1.80. The lowest BCUT2D eigenvalue weighted by molar-refractivity contribution is -0.147. The van der Waals surface area contributed by atoms with Crippen LogP contribution in [0.25, 0.3) is 0 Å². The lowest BCUT2D eigenvalue weighted by Crippen LogP contribution is -2.12. The normalized spacial score (nSPS) is 12.5. The van der Waals surface area contributed by atoms with Gasteiger partial charge < -0.3 is 10.2 Å². The predicted octanol–water partition coefficient (Wildman–Crippen LogP) is 1.88. The summed E-state index contributed by atoms with van der Waals surface area (Å²) in [5, 5.41) is 17.9. The average Bonchev–Trinajstić information content (AvgIpc) is 2.03. The van der Waals surface area contributed by atoms with Crippen LogP contribution in [0.15, 0.2) is 22.7 Å². The molecule has 0 aromatic heterocycles. The summed E-state index contributed by atoms with van der Waals surface area (Å²) in [5.74, 6) is -1.24. The van der Waals surface area contributed by atoms with Crippen molar-refractivity contribution in [1.82, 2.24) is 0 Å². The lowest BCUT2D eigenvalue weighted by Gasteiger charge is -2.10. The minimum absolute atomic E-state index is 0.412. The van der Waals surface area contributed by atoms with Gasteiger partial charge in [-0.2, -0.15) is 0 Å². The van der Waals surface area contributed by atoms with Gasteiger partial charge in [0.15, 0.2) is 6.10 Å². The highest BCUT2D eigenvalue weighted by atomic mass is 79.9. The van der Waals surface area contributed by atoms with E-state index < -0.39 is 12.1 Å². The Bertz CT molecular complexity index is 315. The molecule has 1 rings (SSSR count). The number of aliphatic hydroxyl groups excluding tert-OH is 1. The zero-order valence-electron chi connectivity index (χ0n) is 6.99. The van der Waals surface area contributed by atoms with Crippen LogP contribution in [-0.2, 0) is 4.79 Å². The molecule has 0 aliphatic heterocycles. The zero-order valence-corrected chi connectivity index (χ0v) is 8.58. The van der Waals surface area contributed by atoms with E-state index in [1.165, 1.54) is 0 Å². The summed E-state index contributed by atoms with van der Waals surface area (Å²) >= 11 is 3.19. The van der Waals surface area contributed by atoms with Crippen molar-refractivity contribution in [2.45, 2.75) is 13.0 Å². The van der Waals surface area contributed by atoms with Gasteiger partial charge in [-0.25, -0.2) is 4.79 Å². The van der Waals surface area contributed by atoms with Crippen molar-refractivity contribution in [2.24, 2.45) is 0 Å². The number of hydrogen-bond acceptors (Lipinski definition) is 2. The monoisotopic (exact) mass is 244 g/mol. The van der Waals surface area contributed by atoms with Gasteiger partial charge in [0.05, 0.1) is 0 Å². The van der Waals surface area contributed by atoms with E-state index in [2.05, 4.69) is 15.9 Å². The second kappa shape index (κ2) is 3.89. The topological polar surface area (TPSA) is 57.5 Å². The fraction of sp³-hybridized carbons (Fsp3) is 0.222. The third-order valence-corrected chi connectivity index (χ3v) is 2.47. The van der Waals surface area contributed by atoms with Gasteiger partial charge in [0.25, 0.3) is 0 Å². The number of rotatable bonds is 2. The minimum Gasteiger partial charge on any atom is -0.479 e. The molecule has 0 fully saturated rings. The molecule has 0 amide bonds. The highest BCUT2D eigenvalue weighted by molar-refractivity contribution is 9.10. The van der Waals surface area contributed by atoms with E-state index in [9.17, 15) is 9.90 Å². The summed E-state index contributed by atoms with van der Waals surface area (Å²) in [4.78, 5) is 10.5. The molecule has 1 aromatic carbocycles. The van der Waals surface area contributed by atoms with Crippen molar-refractivity contribution in [3.05, 3.63) is 33.8 Å². The van der Waals surface area contributed by atoms with Crippen LogP contribution in [0.1, 0.15) is 17.2 Å². The number of aliphatic carboxylic acids is 1. The van der Waals surface area contributed by atoms with Gasteiger partial charge >= 0.3 is 5.97 Å². The van der Waals surface area contributed by atoms with Crippen molar-refractivity contribution in [3.63, 3.8) is 0 Å². The van der Waals surface area contributed by atoms with E-state index >= 15 is 0 Å². The SMILES string of the molecule is Cc1cccc(Br)c1C(O)C(=O)O. The van der Waals surface area contributed by atoms with Crippen LogP contribution in [0.2, 0.25) is 0 Å². The van der Waals surface area contributed by atoms with E-state index in [1.807, 2.05) is 0 Å². The van der Waals surface area contributed by atoms with E-state index in [0.29, 0.717) is 10.0 Å². The highest BCUT2D eigenvalue weighted by Gasteiger charge is 2.20. The molecule has 2 N–H and O–H groups in total. The molecule has 1 unspecified atom stereocenters. The molecule has 0 spiro atoms. The van der Waals surface area contributed by atoms with Gasteiger partial charge in [-0.05, 0) is 18.6 Å². The van der Waals surface area contributed by atoms with Crippen molar-refractivity contribution in [2.75, 3.05) is 0 Å². The van der Waals surface area contributed by atoms with Crippen LogP contribution in [0.5, 0.6) is 0 Å². The van der Waals surface area contributed by atoms with Crippen LogP contribution < -0.4 is 0 Å².